The van der Waals surface area contributed by atoms with Crippen molar-refractivity contribution in [2.24, 2.45) is 0 Å². The summed E-state index contributed by atoms with van der Waals surface area (Å²) in [6.07, 6.45) is 0.258. The van der Waals surface area contributed by atoms with Gasteiger partial charge in [0, 0.05) is 12.2 Å². The Balaban J connectivity index is 2.24. The highest BCUT2D eigenvalue weighted by molar-refractivity contribution is 5.92. The lowest BCUT2D eigenvalue weighted by molar-refractivity contribution is -0.140. The summed E-state index contributed by atoms with van der Waals surface area (Å²) in [5.41, 5.74) is 1.86. The zero-order valence-electron chi connectivity index (χ0n) is 10.7. The van der Waals surface area contributed by atoms with Crippen molar-refractivity contribution >= 4 is 17.6 Å². The number of nitrogens with one attached hydrogen (secondary N) is 2. The smallest absolute Gasteiger partial charge is 0.306 e. The molecule has 1 aromatic carbocycles. The van der Waals surface area contributed by atoms with Gasteiger partial charge in [0.25, 0.3) is 0 Å². The molecule has 0 heterocycles. The van der Waals surface area contributed by atoms with Gasteiger partial charge in [-0.3, -0.25) is 9.59 Å². The molecule has 5 nitrogen and oxygen atoms in total. The van der Waals surface area contributed by atoms with Crippen LogP contribution < -0.4 is 10.6 Å². The molecule has 0 radical (unpaired) electrons. The van der Waals surface area contributed by atoms with Crippen LogP contribution in [0.4, 0.5) is 5.69 Å². The van der Waals surface area contributed by atoms with Crippen molar-refractivity contribution in [3.63, 3.8) is 0 Å². The number of methoxy groups -OCH3 is 1. The maximum atomic E-state index is 11.5. The highest BCUT2D eigenvalue weighted by Gasteiger charge is 2.03. The van der Waals surface area contributed by atoms with Crippen molar-refractivity contribution < 1.29 is 14.3 Å². The van der Waals surface area contributed by atoms with E-state index in [0.29, 0.717) is 6.54 Å². The van der Waals surface area contributed by atoms with Crippen LogP contribution >= 0.6 is 0 Å². The number of benzene rings is 1. The maximum Gasteiger partial charge on any atom is 0.306 e. The Hall–Kier alpha value is -1.88. The fraction of sp³-hybridized carbons (Fsp3) is 0.385. The minimum Gasteiger partial charge on any atom is -0.469 e. The lowest BCUT2D eigenvalue weighted by Gasteiger charge is -2.06. The van der Waals surface area contributed by atoms with Crippen LogP contribution in [0.5, 0.6) is 0 Å². The predicted octanol–water partition coefficient (Wildman–Crippen LogP) is 1.09. The summed E-state index contributed by atoms with van der Waals surface area (Å²) in [6.45, 7) is 2.56. The van der Waals surface area contributed by atoms with Gasteiger partial charge in [0.05, 0.1) is 20.1 Å². The number of carbonyl (C=O) groups excluding carboxylic acids is 2. The highest BCUT2D eigenvalue weighted by Crippen LogP contribution is 2.08. The lowest BCUT2D eigenvalue weighted by Crippen LogP contribution is -2.29. The summed E-state index contributed by atoms with van der Waals surface area (Å²) in [4.78, 5) is 22.4. The SMILES string of the molecule is COC(=O)CCNCC(=O)Nc1cccc(C)c1. The molecule has 1 aromatic rings. The average molecular weight is 250 g/mol. The Labute approximate surface area is 107 Å². The number of rotatable bonds is 6. The van der Waals surface area contributed by atoms with Crippen molar-refractivity contribution in [1.82, 2.24) is 5.32 Å². The Morgan fingerprint density at radius 3 is 2.78 bits per heavy atom. The molecule has 0 saturated heterocycles. The fourth-order valence-electron chi connectivity index (χ4n) is 1.42. The van der Waals surface area contributed by atoms with Gasteiger partial charge in [0.2, 0.25) is 5.91 Å². The lowest BCUT2D eigenvalue weighted by atomic mass is 10.2. The molecular weight excluding hydrogens is 232 g/mol. The van der Waals surface area contributed by atoms with Crippen molar-refractivity contribution in [3.05, 3.63) is 29.8 Å². The number of carbonyl (C=O) groups is 2. The molecule has 0 aliphatic carbocycles. The molecule has 5 heteroatoms. The molecule has 0 aromatic heterocycles. The molecule has 0 aliphatic heterocycles. The van der Waals surface area contributed by atoms with Gasteiger partial charge in [0.1, 0.15) is 0 Å². The topological polar surface area (TPSA) is 67.4 Å². The average Bonchev–Trinajstić information content (AvgIpc) is 2.34. The van der Waals surface area contributed by atoms with Crippen LogP contribution in [0.15, 0.2) is 24.3 Å². The quantitative estimate of drug-likeness (QED) is 0.586. The molecule has 0 spiro atoms. The molecule has 0 aliphatic rings. The van der Waals surface area contributed by atoms with Crippen LogP contribution in [0.3, 0.4) is 0 Å². The Kier molecular flexibility index (Phi) is 5.87. The molecule has 98 valence electrons. The van der Waals surface area contributed by atoms with Crippen molar-refractivity contribution in [1.29, 1.82) is 0 Å². The molecule has 1 rings (SSSR count). The molecule has 0 saturated carbocycles. The molecule has 0 bridgehead atoms. The number of hydrogen-bond donors (Lipinski definition) is 2. The van der Waals surface area contributed by atoms with Gasteiger partial charge in [-0.2, -0.15) is 0 Å². The third kappa shape index (κ3) is 5.45. The van der Waals surface area contributed by atoms with E-state index in [1.165, 1.54) is 7.11 Å². The monoisotopic (exact) mass is 250 g/mol. The van der Waals surface area contributed by atoms with Crippen LogP contribution in [0.2, 0.25) is 0 Å². The van der Waals surface area contributed by atoms with Crippen molar-refractivity contribution in [2.75, 3.05) is 25.5 Å². The minimum atomic E-state index is -0.290. The van der Waals surface area contributed by atoms with Crippen LogP contribution in [0.25, 0.3) is 0 Å². The molecule has 1 amide bonds. The zero-order chi connectivity index (χ0) is 13.4. The first-order valence-electron chi connectivity index (χ1n) is 5.76. The predicted molar refractivity (Wildman–Crippen MR) is 69.3 cm³/mol. The second kappa shape index (κ2) is 7.45. The molecule has 0 unspecified atom stereocenters. The van der Waals surface area contributed by atoms with Gasteiger partial charge in [-0.25, -0.2) is 0 Å². The molecule has 18 heavy (non-hydrogen) atoms. The summed E-state index contributed by atoms with van der Waals surface area (Å²) in [7, 11) is 1.34. The number of amides is 1. The number of ether oxygens (including phenoxy) is 1. The summed E-state index contributed by atoms with van der Waals surface area (Å²) >= 11 is 0. The Morgan fingerprint density at radius 2 is 2.11 bits per heavy atom. The van der Waals surface area contributed by atoms with Crippen molar-refractivity contribution in [2.45, 2.75) is 13.3 Å². The first kappa shape index (κ1) is 14.2. The number of hydrogen-bond acceptors (Lipinski definition) is 4. The van der Waals surface area contributed by atoms with Gasteiger partial charge in [-0.15, -0.1) is 0 Å². The molecular formula is C13H18N2O3. The van der Waals surface area contributed by atoms with Gasteiger partial charge in [-0.05, 0) is 24.6 Å². The second-order valence-electron chi connectivity index (χ2n) is 3.92. The Morgan fingerprint density at radius 1 is 1.33 bits per heavy atom. The van der Waals surface area contributed by atoms with E-state index >= 15 is 0 Å². The second-order valence-corrected chi connectivity index (χ2v) is 3.92. The maximum absolute atomic E-state index is 11.5. The van der Waals surface area contributed by atoms with E-state index < -0.39 is 0 Å². The van der Waals surface area contributed by atoms with Crippen LogP contribution in [-0.4, -0.2) is 32.1 Å². The molecule has 2 N–H and O–H groups in total. The fourth-order valence-corrected chi connectivity index (χ4v) is 1.42. The van der Waals surface area contributed by atoms with Gasteiger partial charge in [0.15, 0.2) is 0 Å². The van der Waals surface area contributed by atoms with Gasteiger partial charge >= 0.3 is 5.97 Å². The van der Waals surface area contributed by atoms with Crippen LogP contribution in [0.1, 0.15) is 12.0 Å². The summed E-state index contributed by atoms with van der Waals surface area (Å²) in [5.74, 6) is -0.424. The minimum absolute atomic E-state index is 0.134. The first-order valence-corrected chi connectivity index (χ1v) is 5.76. The van der Waals surface area contributed by atoms with E-state index in [0.717, 1.165) is 11.3 Å². The number of aryl methyl sites for hydroxylation is 1. The molecule has 0 atom stereocenters. The largest absolute Gasteiger partial charge is 0.469 e. The standard InChI is InChI=1S/C13H18N2O3/c1-10-4-3-5-11(8-10)15-12(16)9-14-7-6-13(17)18-2/h3-5,8,14H,6-7,9H2,1-2H3,(H,15,16). The van der Waals surface area contributed by atoms with E-state index in [9.17, 15) is 9.59 Å². The van der Waals surface area contributed by atoms with E-state index in [2.05, 4.69) is 15.4 Å². The van der Waals surface area contributed by atoms with E-state index in [4.69, 9.17) is 0 Å². The van der Waals surface area contributed by atoms with E-state index in [-0.39, 0.29) is 24.8 Å². The number of esters is 1. The van der Waals surface area contributed by atoms with Crippen LogP contribution in [0, 0.1) is 6.92 Å². The summed E-state index contributed by atoms with van der Waals surface area (Å²) in [6, 6.07) is 7.57. The molecule has 0 fully saturated rings. The number of anilines is 1. The van der Waals surface area contributed by atoms with Crippen LogP contribution in [-0.2, 0) is 14.3 Å². The third-order valence-electron chi connectivity index (χ3n) is 2.32. The normalized spacial score (nSPS) is 9.89. The van der Waals surface area contributed by atoms with Gasteiger partial charge in [-0.1, -0.05) is 12.1 Å². The third-order valence-corrected chi connectivity index (χ3v) is 2.32. The summed E-state index contributed by atoms with van der Waals surface area (Å²) < 4.78 is 4.49. The Bertz CT molecular complexity index is 418. The first-order chi connectivity index (χ1) is 8.61. The zero-order valence-corrected chi connectivity index (χ0v) is 10.7. The highest BCUT2D eigenvalue weighted by atomic mass is 16.5. The van der Waals surface area contributed by atoms with E-state index in [1.807, 2.05) is 31.2 Å². The van der Waals surface area contributed by atoms with Crippen molar-refractivity contribution in [3.8, 4) is 0 Å². The van der Waals surface area contributed by atoms with Gasteiger partial charge < -0.3 is 15.4 Å². The summed E-state index contributed by atoms with van der Waals surface area (Å²) in [5, 5.41) is 5.64. The van der Waals surface area contributed by atoms with E-state index in [1.54, 1.807) is 0 Å².